The molecule has 1 aliphatic carbocycles. The van der Waals surface area contributed by atoms with Gasteiger partial charge < -0.3 is 5.32 Å². The van der Waals surface area contributed by atoms with Gasteiger partial charge in [-0.15, -0.1) is 0 Å². The molecule has 1 N–H and O–H groups in total. The largest absolute Gasteiger partial charge is 0.326 e. The van der Waals surface area contributed by atoms with E-state index in [-0.39, 0.29) is 11.8 Å². The third-order valence-electron chi connectivity index (χ3n) is 4.16. The molecule has 0 saturated heterocycles. The second-order valence-electron chi connectivity index (χ2n) is 5.66. The fraction of sp³-hybridized carbons (Fsp3) is 0.278. The molecule has 1 aliphatic rings. The molecule has 1 unspecified atom stereocenters. The molecule has 1 amide bonds. The third kappa shape index (κ3) is 3.18. The topological polar surface area (TPSA) is 29.1 Å². The van der Waals surface area contributed by atoms with E-state index in [1.54, 1.807) is 0 Å². The van der Waals surface area contributed by atoms with Gasteiger partial charge in [-0.3, -0.25) is 4.79 Å². The van der Waals surface area contributed by atoms with E-state index in [4.69, 9.17) is 0 Å². The van der Waals surface area contributed by atoms with Crippen LogP contribution < -0.4 is 5.32 Å². The van der Waals surface area contributed by atoms with Crippen molar-refractivity contribution < 1.29 is 4.79 Å². The Morgan fingerprint density at radius 2 is 1.95 bits per heavy atom. The Kier molecular flexibility index (Phi) is 4.11. The summed E-state index contributed by atoms with van der Waals surface area (Å²) >= 11 is 3.44. The van der Waals surface area contributed by atoms with E-state index in [9.17, 15) is 4.79 Å². The van der Waals surface area contributed by atoms with Crippen LogP contribution in [-0.2, 0) is 17.6 Å². The number of hydrogen-bond donors (Lipinski definition) is 1. The van der Waals surface area contributed by atoms with Gasteiger partial charge in [0.05, 0.1) is 0 Å². The zero-order valence-corrected chi connectivity index (χ0v) is 13.6. The summed E-state index contributed by atoms with van der Waals surface area (Å²) in [5.41, 5.74) is 4.69. The summed E-state index contributed by atoms with van der Waals surface area (Å²) in [6, 6.07) is 14.4. The van der Waals surface area contributed by atoms with Crippen molar-refractivity contribution in [2.75, 3.05) is 5.32 Å². The summed E-state index contributed by atoms with van der Waals surface area (Å²) < 4.78 is 1.03. The van der Waals surface area contributed by atoms with Gasteiger partial charge in [-0.25, -0.2) is 0 Å². The van der Waals surface area contributed by atoms with Crippen molar-refractivity contribution in [2.24, 2.45) is 5.92 Å². The minimum absolute atomic E-state index is 0.0722. The number of benzene rings is 2. The maximum absolute atomic E-state index is 12.5. The Morgan fingerprint density at radius 3 is 2.71 bits per heavy atom. The molecule has 1 atom stereocenters. The lowest BCUT2D eigenvalue weighted by Gasteiger charge is -2.24. The highest BCUT2D eigenvalue weighted by Crippen LogP contribution is 2.27. The van der Waals surface area contributed by atoms with Crippen LogP contribution in [0.4, 0.5) is 5.69 Å². The van der Waals surface area contributed by atoms with Gasteiger partial charge in [-0.1, -0.05) is 40.2 Å². The first-order valence-electron chi connectivity index (χ1n) is 7.27. The zero-order valence-electron chi connectivity index (χ0n) is 12.0. The zero-order chi connectivity index (χ0) is 14.8. The van der Waals surface area contributed by atoms with Crippen LogP contribution in [0.15, 0.2) is 46.9 Å². The van der Waals surface area contributed by atoms with Crippen LogP contribution >= 0.6 is 15.9 Å². The van der Waals surface area contributed by atoms with Crippen molar-refractivity contribution >= 4 is 27.5 Å². The van der Waals surface area contributed by atoms with E-state index < -0.39 is 0 Å². The predicted molar refractivity (Wildman–Crippen MR) is 89.5 cm³/mol. The van der Waals surface area contributed by atoms with Gasteiger partial charge in [0.15, 0.2) is 0 Å². The molecule has 2 aromatic carbocycles. The smallest absolute Gasteiger partial charge is 0.227 e. The second kappa shape index (κ2) is 6.02. The standard InChI is InChI=1S/C18H18BrNO/c1-12-10-16(19)8-9-17(12)20-18(21)15-7-6-13-4-2-3-5-14(13)11-15/h2-5,8-10,15H,6-7,11H2,1H3,(H,20,21). The van der Waals surface area contributed by atoms with Crippen molar-refractivity contribution in [1.82, 2.24) is 0 Å². The first kappa shape index (κ1) is 14.3. The third-order valence-corrected chi connectivity index (χ3v) is 4.66. The van der Waals surface area contributed by atoms with Crippen molar-refractivity contribution in [1.29, 1.82) is 0 Å². The van der Waals surface area contributed by atoms with Gasteiger partial charge in [0, 0.05) is 16.1 Å². The van der Waals surface area contributed by atoms with Crippen molar-refractivity contribution in [2.45, 2.75) is 26.2 Å². The first-order valence-corrected chi connectivity index (χ1v) is 8.06. The molecule has 0 bridgehead atoms. The van der Waals surface area contributed by atoms with Gasteiger partial charge in [0.2, 0.25) is 5.91 Å². The van der Waals surface area contributed by atoms with Crippen LogP contribution in [0.1, 0.15) is 23.1 Å². The SMILES string of the molecule is Cc1cc(Br)ccc1NC(=O)C1CCc2ccccc2C1. The fourth-order valence-corrected chi connectivity index (χ4v) is 3.40. The number of rotatable bonds is 2. The molecule has 2 aromatic rings. The molecule has 0 spiro atoms. The summed E-state index contributed by atoms with van der Waals surface area (Å²) in [4.78, 5) is 12.5. The van der Waals surface area contributed by atoms with E-state index in [0.29, 0.717) is 0 Å². The number of aryl methyl sites for hydroxylation is 2. The number of carbonyl (C=O) groups excluding carboxylic acids is 1. The lowest BCUT2D eigenvalue weighted by molar-refractivity contribution is -0.120. The molecule has 3 heteroatoms. The summed E-state index contributed by atoms with van der Waals surface area (Å²) in [6.07, 6.45) is 2.77. The van der Waals surface area contributed by atoms with Crippen LogP contribution in [0.2, 0.25) is 0 Å². The summed E-state index contributed by atoms with van der Waals surface area (Å²) in [7, 11) is 0. The molecule has 0 saturated carbocycles. The number of hydrogen-bond acceptors (Lipinski definition) is 1. The number of halogens is 1. The second-order valence-corrected chi connectivity index (χ2v) is 6.57. The van der Waals surface area contributed by atoms with Crippen LogP contribution in [0, 0.1) is 12.8 Å². The highest BCUT2D eigenvalue weighted by Gasteiger charge is 2.24. The molecule has 21 heavy (non-hydrogen) atoms. The highest BCUT2D eigenvalue weighted by atomic mass is 79.9. The van der Waals surface area contributed by atoms with Crippen molar-refractivity contribution in [3.63, 3.8) is 0 Å². The van der Waals surface area contributed by atoms with Crippen LogP contribution in [0.25, 0.3) is 0 Å². The van der Waals surface area contributed by atoms with E-state index >= 15 is 0 Å². The lowest BCUT2D eigenvalue weighted by Crippen LogP contribution is -2.28. The highest BCUT2D eigenvalue weighted by molar-refractivity contribution is 9.10. The van der Waals surface area contributed by atoms with Crippen LogP contribution in [0.5, 0.6) is 0 Å². The van der Waals surface area contributed by atoms with Gasteiger partial charge in [-0.05, 0) is 61.1 Å². The van der Waals surface area contributed by atoms with Gasteiger partial charge in [0.1, 0.15) is 0 Å². The van der Waals surface area contributed by atoms with E-state index in [1.165, 1.54) is 11.1 Å². The number of carbonyl (C=O) groups is 1. The van der Waals surface area contributed by atoms with E-state index in [2.05, 4.69) is 45.5 Å². The number of anilines is 1. The molecule has 0 radical (unpaired) electrons. The van der Waals surface area contributed by atoms with Crippen molar-refractivity contribution in [3.05, 3.63) is 63.6 Å². The van der Waals surface area contributed by atoms with Crippen molar-refractivity contribution in [3.8, 4) is 0 Å². The molecule has 0 heterocycles. The molecule has 3 rings (SSSR count). The fourth-order valence-electron chi connectivity index (χ4n) is 2.92. The molecular formula is C18H18BrNO. The first-order chi connectivity index (χ1) is 10.1. The molecule has 0 aliphatic heterocycles. The predicted octanol–water partition coefficient (Wildman–Crippen LogP) is 4.50. The Hall–Kier alpha value is -1.61. The molecule has 0 aromatic heterocycles. The molecule has 108 valence electrons. The number of fused-ring (bicyclic) bond motifs is 1. The Morgan fingerprint density at radius 1 is 1.19 bits per heavy atom. The molecular weight excluding hydrogens is 326 g/mol. The monoisotopic (exact) mass is 343 g/mol. The Labute approximate surface area is 133 Å². The number of amides is 1. The van der Waals surface area contributed by atoms with Gasteiger partial charge in [0.25, 0.3) is 0 Å². The molecule has 2 nitrogen and oxygen atoms in total. The van der Waals surface area contributed by atoms with Crippen LogP contribution in [0.3, 0.4) is 0 Å². The average Bonchev–Trinajstić information content (AvgIpc) is 2.49. The van der Waals surface area contributed by atoms with E-state index in [0.717, 1.165) is 35.0 Å². The Bertz CT molecular complexity index is 681. The summed E-state index contributed by atoms with van der Waals surface area (Å²) in [5, 5.41) is 3.08. The molecule has 0 fully saturated rings. The minimum Gasteiger partial charge on any atom is -0.326 e. The maximum Gasteiger partial charge on any atom is 0.227 e. The normalized spacial score (nSPS) is 17.1. The quantitative estimate of drug-likeness (QED) is 0.854. The Balaban J connectivity index is 1.72. The van der Waals surface area contributed by atoms with Gasteiger partial charge >= 0.3 is 0 Å². The van der Waals surface area contributed by atoms with Crippen LogP contribution in [-0.4, -0.2) is 5.91 Å². The lowest BCUT2D eigenvalue weighted by atomic mass is 9.83. The average molecular weight is 344 g/mol. The maximum atomic E-state index is 12.5. The van der Waals surface area contributed by atoms with E-state index in [1.807, 2.05) is 25.1 Å². The number of nitrogens with one attached hydrogen (secondary N) is 1. The minimum atomic E-state index is 0.0722. The summed E-state index contributed by atoms with van der Waals surface area (Å²) in [6.45, 7) is 2.01. The summed E-state index contributed by atoms with van der Waals surface area (Å²) in [5.74, 6) is 0.206. The van der Waals surface area contributed by atoms with Gasteiger partial charge in [-0.2, -0.15) is 0 Å².